The normalized spacial score (nSPS) is 16.4. The van der Waals surface area contributed by atoms with E-state index in [-0.39, 0.29) is 29.8 Å². The molecule has 0 bridgehead atoms. The molecule has 4 aromatic rings. The predicted octanol–water partition coefficient (Wildman–Crippen LogP) is 6.78. The van der Waals surface area contributed by atoms with Crippen LogP contribution in [0.2, 0.25) is 5.02 Å². The van der Waals surface area contributed by atoms with Crippen LogP contribution in [0.15, 0.2) is 30.3 Å². The summed E-state index contributed by atoms with van der Waals surface area (Å²) < 4.78 is 110. The number of H-pyrrole nitrogens is 1. The quantitative estimate of drug-likeness (QED) is 0.281. The molecule has 3 heterocycles. The van der Waals surface area contributed by atoms with Gasteiger partial charge in [-0.1, -0.05) is 23.7 Å². The maximum atomic E-state index is 15.2. The summed E-state index contributed by atoms with van der Waals surface area (Å²) in [6.07, 6.45) is -10.5. The van der Waals surface area contributed by atoms with E-state index in [4.69, 9.17) is 11.6 Å². The van der Waals surface area contributed by atoms with Crippen LogP contribution in [-0.2, 0) is 18.8 Å². The third-order valence-corrected chi connectivity index (χ3v) is 6.31. The van der Waals surface area contributed by atoms with Gasteiger partial charge in [-0.3, -0.25) is 0 Å². The lowest BCUT2D eigenvalue weighted by Gasteiger charge is -2.36. The van der Waals surface area contributed by atoms with Crippen LogP contribution in [-0.4, -0.2) is 26.5 Å². The van der Waals surface area contributed by atoms with Crippen LogP contribution in [0.1, 0.15) is 40.1 Å². The van der Waals surface area contributed by atoms with Gasteiger partial charge < -0.3 is 9.88 Å². The van der Waals surface area contributed by atoms with Crippen LogP contribution in [0.3, 0.4) is 0 Å². The minimum absolute atomic E-state index is 0.0360. The number of anilines is 1. The van der Waals surface area contributed by atoms with Gasteiger partial charge in [0.05, 0.1) is 0 Å². The molecule has 1 atom stereocenters. The molecule has 0 radical (unpaired) electrons. The Morgan fingerprint density at radius 3 is 2.19 bits per heavy atom. The Hall–Kier alpha value is -3.48. The molecule has 14 heteroatoms. The highest BCUT2D eigenvalue weighted by molar-refractivity contribution is 6.31. The average Bonchev–Trinajstić information content (AvgIpc) is 3.19. The highest BCUT2D eigenvalue weighted by Crippen LogP contribution is 2.42. The molecule has 0 amide bonds. The molecule has 0 unspecified atom stereocenters. The van der Waals surface area contributed by atoms with Crippen molar-refractivity contribution in [2.75, 3.05) is 11.4 Å². The molecule has 5 rings (SSSR count). The summed E-state index contributed by atoms with van der Waals surface area (Å²) in [5.41, 5.74) is 1.00. The molecule has 1 aliphatic heterocycles. The van der Waals surface area contributed by atoms with Gasteiger partial charge in [-0.05, 0) is 42.7 Å². The SMILES string of the molecule is Cc1ccc([C@H]2c3[nH]c4ccc(Cl)cc4c3CCN2c2nc(C(F)(F)F)nc(C(F)(F)F)n2)c(F)c1F. The van der Waals surface area contributed by atoms with Crippen LogP contribution in [0.25, 0.3) is 10.9 Å². The van der Waals surface area contributed by atoms with Crippen molar-refractivity contribution in [2.24, 2.45) is 0 Å². The molecular formula is C23H14ClF8N5. The van der Waals surface area contributed by atoms with Gasteiger partial charge in [0.15, 0.2) is 11.6 Å². The maximum Gasteiger partial charge on any atom is 0.451 e. The monoisotopic (exact) mass is 547 g/mol. The first-order chi connectivity index (χ1) is 17.3. The Bertz CT molecular complexity index is 1500. The van der Waals surface area contributed by atoms with Gasteiger partial charge in [0.25, 0.3) is 0 Å². The Labute approximate surface area is 208 Å². The zero-order valence-electron chi connectivity index (χ0n) is 18.6. The fourth-order valence-electron chi connectivity index (χ4n) is 4.42. The lowest BCUT2D eigenvalue weighted by atomic mass is 9.91. The molecule has 2 aromatic heterocycles. The third kappa shape index (κ3) is 4.34. The number of aromatic amines is 1. The molecule has 37 heavy (non-hydrogen) atoms. The van der Waals surface area contributed by atoms with Gasteiger partial charge in [-0.2, -0.15) is 36.3 Å². The molecule has 1 aliphatic rings. The van der Waals surface area contributed by atoms with Gasteiger partial charge in [0.2, 0.25) is 17.6 Å². The molecule has 0 saturated heterocycles. The summed E-state index contributed by atoms with van der Waals surface area (Å²) in [4.78, 5) is 13.1. The summed E-state index contributed by atoms with van der Waals surface area (Å²) in [6, 6.07) is 5.90. The summed E-state index contributed by atoms with van der Waals surface area (Å²) in [5, 5.41) is 1.01. The van der Waals surface area contributed by atoms with Crippen LogP contribution < -0.4 is 4.90 Å². The average molecular weight is 548 g/mol. The van der Waals surface area contributed by atoms with Crippen LogP contribution >= 0.6 is 11.6 Å². The summed E-state index contributed by atoms with van der Waals surface area (Å²) >= 11 is 6.11. The van der Waals surface area contributed by atoms with Crippen molar-refractivity contribution in [3.63, 3.8) is 0 Å². The van der Waals surface area contributed by atoms with E-state index in [0.717, 1.165) is 4.90 Å². The number of halogens is 9. The van der Waals surface area contributed by atoms with Gasteiger partial charge in [0, 0.05) is 33.7 Å². The number of fused-ring (bicyclic) bond motifs is 3. The molecule has 5 nitrogen and oxygen atoms in total. The van der Waals surface area contributed by atoms with Gasteiger partial charge >= 0.3 is 12.4 Å². The van der Waals surface area contributed by atoms with E-state index in [1.54, 1.807) is 18.2 Å². The zero-order chi connectivity index (χ0) is 26.9. The molecule has 0 aliphatic carbocycles. The number of aryl methyl sites for hydroxylation is 1. The fourth-order valence-corrected chi connectivity index (χ4v) is 4.59. The van der Waals surface area contributed by atoms with Crippen molar-refractivity contribution in [1.82, 2.24) is 19.9 Å². The van der Waals surface area contributed by atoms with E-state index in [1.807, 2.05) is 0 Å². The highest BCUT2D eigenvalue weighted by atomic mass is 35.5. The van der Waals surface area contributed by atoms with Crippen LogP contribution in [0.5, 0.6) is 0 Å². The van der Waals surface area contributed by atoms with Crippen molar-refractivity contribution in [3.05, 3.63) is 81.0 Å². The van der Waals surface area contributed by atoms with E-state index in [9.17, 15) is 30.7 Å². The number of nitrogens with zero attached hydrogens (tertiary/aromatic N) is 4. The van der Waals surface area contributed by atoms with Crippen molar-refractivity contribution in [1.29, 1.82) is 0 Å². The van der Waals surface area contributed by atoms with Crippen LogP contribution in [0, 0.1) is 18.6 Å². The lowest BCUT2D eigenvalue weighted by Crippen LogP contribution is -2.39. The molecule has 0 spiro atoms. The topological polar surface area (TPSA) is 57.7 Å². The first-order valence-corrected chi connectivity index (χ1v) is 11.0. The van der Waals surface area contributed by atoms with Gasteiger partial charge in [-0.15, -0.1) is 0 Å². The number of nitrogens with one attached hydrogen (secondary N) is 1. The van der Waals surface area contributed by atoms with Crippen molar-refractivity contribution >= 4 is 28.5 Å². The summed E-state index contributed by atoms with van der Waals surface area (Å²) in [7, 11) is 0. The van der Waals surface area contributed by atoms with Crippen molar-refractivity contribution < 1.29 is 35.1 Å². The van der Waals surface area contributed by atoms with Gasteiger partial charge in [-0.25, -0.2) is 13.8 Å². The minimum atomic E-state index is -5.33. The van der Waals surface area contributed by atoms with E-state index < -0.39 is 47.6 Å². The second-order valence-corrected chi connectivity index (χ2v) is 8.87. The standard InChI is InChI=1S/C23H14ClF8N5/c1-9-2-4-12(16(26)15(9)25)18-17-11(13-8-10(24)3-5-14(13)33-17)6-7-37(18)21-35-19(22(27,28)29)34-20(36-21)23(30,31)32/h2-5,8,18,33H,6-7H2,1H3/t18-/m0/s1. The zero-order valence-corrected chi connectivity index (χ0v) is 19.3. The molecule has 194 valence electrons. The first-order valence-electron chi connectivity index (χ1n) is 10.7. The lowest BCUT2D eigenvalue weighted by molar-refractivity contribution is -0.155. The molecular weight excluding hydrogens is 534 g/mol. The van der Waals surface area contributed by atoms with E-state index >= 15 is 4.39 Å². The Kier molecular flexibility index (Phi) is 5.81. The third-order valence-electron chi connectivity index (χ3n) is 6.08. The second-order valence-electron chi connectivity index (χ2n) is 8.43. The van der Waals surface area contributed by atoms with Crippen molar-refractivity contribution in [3.8, 4) is 0 Å². The molecule has 2 aromatic carbocycles. The maximum absolute atomic E-state index is 15.2. The smallest absolute Gasteiger partial charge is 0.356 e. The number of rotatable bonds is 2. The number of hydrogen-bond acceptors (Lipinski definition) is 4. The predicted molar refractivity (Wildman–Crippen MR) is 117 cm³/mol. The molecule has 0 saturated carbocycles. The Balaban J connectivity index is 1.78. The molecule has 1 N–H and O–H groups in total. The van der Waals surface area contributed by atoms with E-state index in [0.29, 0.717) is 21.5 Å². The summed E-state index contributed by atoms with van der Waals surface area (Å²) in [5.74, 6) is -7.61. The Morgan fingerprint density at radius 2 is 1.57 bits per heavy atom. The summed E-state index contributed by atoms with van der Waals surface area (Å²) in [6.45, 7) is 1.10. The minimum Gasteiger partial charge on any atom is -0.356 e. The first kappa shape index (κ1) is 25.2. The largest absolute Gasteiger partial charge is 0.451 e. The van der Waals surface area contributed by atoms with E-state index in [2.05, 4.69) is 19.9 Å². The van der Waals surface area contributed by atoms with Gasteiger partial charge in [0.1, 0.15) is 6.04 Å². The van der Waals surface area contributed by atoms with Crippen LogP contribution in [0.4, 0.5) is 41.1 Å². The van der Waals surface area contributed by atoms with E-state index in [1.165, 1.54) is 19.1 Å². The second kappa shape index (κ2) is 8.54. The number of alkyl halides is 6. The van der Waals surface area contributed by atoms with Crippen molar-refractivity contribution in [2.45, 2.75) is 31.7 Å². The Morgan fingerprint density at radius 1 is 0.919 bits per heavy atom. The highest BCUT2D eigenvalue weighted by Gasteiger charge is 2.44. The number of hydrogen-bond donors (Lipinski definition) is 1. The number of aromatic nitrogens is 4. The molecule has 0 fully saturated rings. The number of benzene rings is 2. The fraction of sp³-hybridized carbons (Fsp3) is 0.261.